The summed E-state index contributed by atoms with van der Waals surface area (Å²) in [5.41, 5.74) is 0.0511. The predicted molar refractivity (Wildman–Crippen MR) is 65.4 cm³/mol. The zero-order chi connectivity index (χ0) is 13.4. The van der Waals surface area contributed by atoms with Crippen LogP contribution in [0.15, 0.2) is 22.8 Å². The number of carbonyl (C=O) groups excluding carboxylic acids is 1. The lowest BCUT2D eigenvalue weighted by Crippen LogP contribution is -2.08. The number of aryl methyl sites for hydroxylation is 2. The Labute approximate surface area is 111 Å². The van der Waals surface area contributed by atoms with E-state index >= 15 is 0 Å². The number of nitrogens with zero attached hydrogens (tertiary/aromatic N) is 2. The molecule has 0 fully saturated rings. The summed E-state index contributed by atoms with van der Waals surface area (Å²) >= 11 is 2.93. The van der Waals surface area contributed by atoms with Gasteiger partial charge in [-0.05, 0) is 35.0 Å². The Morgan fingerprint density at radius 3 is 2.61 bits per heavy atom. The van der Waals surface area contributed by atoms with Crippen LogP contribution in [0.2, 0.25) is 0 Å². The molecule has 0 aliphatic rings. The van der Waals surface area contributed by atoms with Gasteiger partial charge in [0.2, 0.25) is 5.78 Å². The third-order valence-electron chi connectivity index (χ3n) is 2.53. The molecule has 18 heavy (non-hydrogen) atoms. The molecule has 0 unspecified atom stereocenters. The molecule has 0 atom stereocenters. The van der Waals surface area contributed by atoms with Crippen molar-refractivity contribution in [3.8, 4) is 0 Å². The van der Waals surface area contributed by atoms with Crippen molar-refractivity contribution in [2.45, 2.75) is 6.92 Å². The lowest BCUT2D eigenvalue weighted by molar-refractivity contribution is 0.103. The maximum atomic E-state index is 13.8. The number of carbonyl (C=O) groups is 1. The summed E-state index contributed by atoms with van der Waals surface area (Å²) < 4.78 is 28.9. The average Bonchev–Trinajstić information content (AvgIpc) is 2.63. The van der Waals surface area contributed by atoms with Gasteiger partial charge in [-0.2, -0.15) is 5.10 Å². The van der Waals surface area contributed by atoms with E-state index in [9.17, 15) is 13.6 Å². The Kier molecular flexibility index (Phi) is 3.30. The Hall–Kier alpha value is -1.56. The van der Waals surface area contributed by atoms with Crippen LogP contribution in [0, 0.1) is 18.6 Å². The second-order valence-electron chi connectivity index (χ2n) is 3.85. The molecule has 0 saturated carbocycles. The summed E-state index contributed by atoms with van der Waals surface area (Å²) in [4.78, 5) is 12.1. The minimum absolute atomic E-state index is 0.0498. The van der Waals surface area contributed by atoms with Gasteiger partial charge in [-0.25, -0.2) is 8.78 Å². The van der Waals surface area contributed by atoms with Crippen LogP contribution >= 0.6 is 15.9 Å². The number of hydrogen-bond donors (Lipinski definition) is 0. The number of hydrogen-bond acceptors (Lipinski definition) is 2. The summed E-state index contributed by atoms with van der Waals surface area (Å²) in [6.07, 6.45) is 1.44. The summed E-state index contributed by atoms with van der Waals surface area (Å²) in [6, 6.07) is 2.27. The molecule has 0 N–H and O–H groups in total. The molecule has 0 aliphatic heterocycles. The van der Waals surface area contributed by atoms with Gasteiger partial charge in [-0.1, -0.05) is 0 Å². The normalized spacial score (nSPS) is 10.7. The monoisotopic (exact) mass is 314 g/mol. The highest BCUT2D eigenvalue weighted by molar-refractivity contribution is 9.10. The van der Waals surface area contributed by atoms with Crippen molar-refractivity contribution in [1.29, 1.82) is 0 Å². The Morgan fingerprint density at radius 2 is 2.06 bits per heavy atom. The van der Waals surface area contributed by atoms with Gasteiger partial charge in [-0.15, -0.1) is 0 Å². The van der Waals surface area contributed by atoms with Gasteiger partial charge in [0.05, 0.1) is 21.3 Å². The smallest absolute Gasteiger partial charge is 0.202 e. The van der Waals surface area contributed by atoms with Crippen molar-refractivity contribution >= 4 is 21.7 Å². The van der Waals surface area contributed by atoms with Gasteiger partial charge in [0, 0.05) is 13.2 Å². The number of rotatable bonds is 2. The van der Waals surface area contributed by atoms with E-state index in [-0.39, 0.29) is 10.0 Å². The SMILES string of the molecule is Cc1nn(C)cc1C(=O)c1c(F)ccc(Br)c1F. The fourth-order valence-electron chi connectivity index (χ4n) is 1.69. The number of benzene rings is 1. The molecule has 1 aromatic heterocycles. The van der Waals surface area contributed by atoms with Crippen molar-refractivity contribution in [2.75, 3.05) is 0 Å². The largest absolute Gasteiger partial charge is 0.288 e. The van der Waals surface area contributed by atoms with Crippen molar-refractivity contribution in [2.24, 2.45) is 7.05 Å². The second kappa shape index (κ2) is 4.61. The van der Waals surface area contributed by atoms with Crippen LogP contribution < -0.4 is 0 Å². The summed E-state index contributed by atoms with van der Waals surface area (Å²) in [5.74, 6) is -2.50. The van der Waals surface area contributed by atoms with Crippen LogP contribution in [0.4, 0.5) is 8.78 Å². The molecule has 0 radical (unpaired) electrons. The topological polar surface area (TPSA) is 34.9 Å². The molecule has 0 amide bonds. The standard InChI is InChI=1S/C12H9BrF2N2O/c1-6-7(5-17(2)16-6)12(18)10-9(14)4-3-8(13)11(10)15/h3-5H,1-2H3. The third kappa shape index (κ3) is 2.08. The van der Waals surface area contributed by atoms with Gasteiger partial charge in [0.1, 0.15) is 5.82 Å². The zero-order valence-corrected chi connectivity index (χ0v) is 11.3. The maximum Gasteiger partial charge on any atom is 0.202 e. The van der Waals surface area contributed by atoms with Crippen molar-refractivity contribution in [3.63, 3.8) is 0 Å². The van der Waals surface area contributed by atoms with Crippen LogP contribution in [0.3, 0.4) is 0 Å². The average molecular weight is 315 g/mol. The quantitative estimate of drug-likeness (QED) is 0.631. The van der Waals surface area contributed by atoms with Crippen molar-refractivity contribution in [3.05, 3.63) is 51.3 Å². The van der Waals surface area contributed by atoms with Crippen LogP contribution in [0.25, 0.3) is 0 Å². The van der Waals surface area contributed by atoms with E-state index in [0.717, 1.165) is 6.07 Å². The van der Waals surface area contributed by atoms with Crippen LogP contribution in [0.1, 0.15) is 21.6 Å². The minimum atomic E-state index is -0.900. The molecule has 0 aliphatic carbocycles. The van der Waals surface area contributed by atoms with E-state index in [2.05, 4.69) is 21.0 Å². The van der Waals surface area contributed by atoms with Crippen LogP contribution in [0.5, 0.6) is 0 Å². The minimum Gasteiger partial charge on any atom is -0.288 e. The first-order chi connectivity index (χ1) is 8.41. The molecule has 2 rings (SSSR count). The second-order valence-corrected chi connectivity index (χ2v) is 4.70. The van der Waals surface area contributed by atoms with Gasteiger partial charge < -0.3 is 0 Å². The highest BCUT2D eigenvalue weighted by atomic mass is 79.9. The molecular weight excluding hydrogens is 306 g/mol. The first-order valence-corrected chi connectivity index (χ1v) is 5.89. The summed E-state index contributed by atoms with van der Waals surface area (Å²) in [5, 5.41) is 3.98. The maximum absolute atomic E-state index is 13.8. The molecule has 1 heterocycles. The van der Waals surface area contributed by atoms with E-state index in [4.69, 9.17) is 0 Å². The highest BCUT2D eigenvalue weighted by Crippen LogP contribution is 2.24. The van der Waals surface area contributed by atoms with Gasteiger partial charge in [-0.3, -0.25) is 9.48 Å². The fourth-order valence-corrected chi connectivity index (χ4v) is 2.02. The Bertz CT molecular complexity index is 637. The molecule has 0 spiro atoms. The molecule has 0 bridgehead atoms. The molecular formula is C12H9BrF2N2O. The Balaban J connectivity index is 2.60. The lowest BCUT2D eigenvalue weighted by atomic mass is 10.0. The molecule has 94 valence electrons. The van der Waals surface area contributed by atoms with Crippen LogP contribution in [-0.2, 0) is 7.05 Å². The van der Waals surface area contributed by atoms with E-state index < -0.39 is 23.0 Å². The molecule has 3 nitrogen and oxygen atoms in total. The number of aromatic nitrogens is 2. The number of ketones is 1. The molecule has 0 saturated heterocycles. The molecule has 2 aromatic rings. The van der Waals surface area contributed by atoms with Crippen molar-refractivity contribution < 1.29 is 13.6 Å². The lowest BCUT2D eigenvalue weighted by Gasteiger charge is -2.04. The zero-order valence-electron chi connectivity index (χ0n) is 9.67. The molecule has 1 aromatic carbocycles. The summed E-state index contributed by atoms with van der Waals surface area (Å²) in [7, 11) is 1.64. The van der Waals surface area contributed by atoms with E-state index in [0.29, 0.717) is 5.69 Å². The third-order valence-corrected chi connectivity index (χ3v) is 3.14. The van der Waals surface area contributed by atoms with E-state index in [1.54, 1.807) is 14.0 Å². The summed E-state index contributed by atoms with van der Waals surface area (Å²) in [6.45, 7) is 1.61. The van der Waals surface area contributed by atoms with E-state index in [1.165, 1.54) is 16.9 Å². The van der Waals surface area contributed by atoms with E-state index in [1.807, 2.05) is 0 Å². The first kappa shape index (κ1) is 12.9. The van der Waals surface area contributed by atoms with Gasteiger partial charge >= 0.3 is 0 Å². The predicted octanol–water partition coefficient (Wildman–Crippen LogP) is 3.00. The number of halogens is 3. The van der Waals surface area contributed by atoms with Gasteiger partial charge in [0.15, 0.2) is 5.82 Å². The fraction of sp³-hybridized carbons (Fsp3) is 0.167. The van der Waals surface area contributed by atoms with Gasteiger partial charge in [0.25, 0.3) is 0 Å². The Morgan fingerprint density at radius 1 is 1.39 bits per heavy atom. The highest BCUT2D eigenvalue weighted by Gasteiger charge is 2.23. The van der Waals surface area contributed by atoms with Crippen molar-refractivity contribution in [1.82, 2.24) is 9.78 Å². The molecule has 6 heteroatoms. The first-order valence-electron chi connectivity index (χ1n) is 5.10. The van der Waals surface area contributed by atoms with Crippen LogP contribution in [-0.4, -0.2) is 15.6 Å².